The summed E-state index contributed by atoms with van der Waals surface area (Å²) in [4.78, 5) is 15.5. The Bertz CT molecular complexity index is 722. The Balaban J connectivity index is 1.87. The smallest absolute Gasteiger partial charge is 0.231 e. The molecule has 1 aliphatic heterocycles. The number of thiophene rings is 1. The number of ether oxygens (including phenoxy) is 1. The summed E-state index contributed by atoms with van der Waals surface area (Å²) in [7, 11) is 0. The van der Waals surface area contributed by atoms with E-state index in [-0.39, 0.29) is 17.8 Å². The molecule has 2 heterocycles. The third kappa shape index (κ3) is 3.37. The summed E-state index contributed by atoms with van der Waals surface area (Å²) in [5, 5.41) is 3.13. The molecule has 0 spiro atoms. The first-order valence-electron chi connectivity index (χ1n) is 8.22. The van der Waals surface area contributed by atoms with Crippen molar-refractivity contribution in [2.75, 3.05) is 13.2 Å². The van der Waals surface area contributed by atoms with Gasteiger partial charge in [-0.25, -0.2) is 4.39 Å². The molecule has 0 saturated carbocycles. The van der Waals surface area contributed by atoms with E-state index in [0.717, 1.165) is 10.4 Å². The highest BCUT2D eigenvalue weighted by molar-refractivity contribution is 7.12. The fourth-order valence-corrected chi connectivity index (χ4v) is 4.12. The minimum atomic E-state index is -0.721. The SMILES string of the molecule is Cc1ccc(C(C)NC(=O)C2(c3cccc(F)c3)CCOCC2)s1. The topological polar surface area (TPSA) is 38.3 Å². The van der Waals surface area contributed by atoms with Crippen molar-refractivity contribution in [3.63, 3.8) is 0 Å². The summed E-state index contributed by atoms with van der Waals surface area (Å²) in [5.74, 6) is -0.358. The van der Waals surface area contributed by atoms with Gasteiger partial charge in [-0.2, -0.15) is 0 Å². The molecule has 24 heavy (non-hydrogen) atoms. The lowest BCUT2D eigenvalue weighted by atomic mass is 9.73. The summed E-state index contributed by atoms with van der Waals surface area (Å²) >= 11 is 1.68. The number of carbonyl (C=O) groups is 1. The molecule has 1 aliphatic rings. The molecule has 0 bridgehead atoms. The molecule has 1 aromatic heterocycles. The molecule has 5 heteroatoms. The van der Waals surface area contributed by atoms with Crippen LogP contribution in [0.3, 0.4) is 0 Å². The van der Waals surface area contributed by atoms with Crippen LogP contribution in [-0.4, -0.2) is 19.1 Å². The van der Waals surface area contributed by atoms with Gasteiger partial charge in [0.1, 0.15) is 5.82 Å². The van der Waals surface area contributed by atoms with Gasteiger partial charge < -0.3 is 10.1 Å². The number of halogens is 1. The summed E-state index contributed by atoms with van der Waals surface area (Å²) < 4.78 is 19.2. The number of carbonyl (C=O) groups excluding carboxylic acids is 1. The zero-order valence-electron chi connectivity index (χ0n) is 14.0. The third-order valence-corrected chi connectivity index (χ3v) is 5.88. The van der Waals surface area contributed by atoms with Crippen LogP contribution in [-0.2, 0) is 14.9 Å². The predicted octanol–water partition coefficient (Wildman–Crippen LogP) is 4.12. The van der Waals surface area contributed by atoms with E-state index in [2.05, 4.69) is 18.3 Å². The molecule has 0 aliphatic carbocycles. The highest BCUT2D eigenvalue weighted by Crippen LogP contribution is 2.36. The van der Waals surface area contributed by atoms with Gasteiger partial charge in [-0.3, -0.25) is 4.79 Å². The lowest BCUT2D eigenvalue weighted by molar-refractivity contribution is -0.131. The maximum atomic E-state index is 13.7. The van der Waals surface area contributed by atoms with Crippen molar-refractivity contribution in [2.45, 2.75) is 38.1 Å². The molecule has 1 saturated heterocycles. The summed E-state index contributed by atoms with van der Waals surface area (Å²) in [5.41, 5.74) is 0.0128. The highest BCUT2D eigenvalue weighted by Gasteiger charge is 2.42. The number of nitrogens with one attached hydrogen (secondary N) is 1. The second kappa shape index (κ2) is 7.03. The van der Waals surface area contributed by atoms with Crippen LogP contribution in [0.1, 0.15) is 41.1 Å². The van der Waals surface area contributed by atoms with Gasteiger partial charge >= 0.3 is 0 Å². The van der Waals surface area contributed by atoms with Crippen LogP contribution < -0.4 is 5.32 Å². The Morgan fingerprint density at radius 1 is 1.29 bits per heavy atom. The molecule has 3 rings (SSSR count). The number of hydrogen-bond donors (Lipinski definition) is 1. The summed E-state index contributed by atoms with van der Waals surface area (Å²) in [6.45, 7) is 5.06. The first kappa shape index (κ1) is 17.1. The van der Waals surface area contributed by atoms with Crippen LogP contribution in [0.25, 0.3) is 0 Å². The predicted molar refractivity (Wildman–Crippen MR) is 93.7 cm³/mol. The van der Waals surface area contributed by atoms with E-state index in [9.17, 15) is 9.18 Å². The van der Waals surface area contributed by atoms with Crippen LogP contribution in [0.2, 0.25) is 0 Å². The first-order chi connectivity index (χ1) is 11.5. The van der Waals surface area contributed by atoms with Crippen molar-refractivity contribution in [3.05, 3.63) is 57.5 Å². The lowest BCUT2D eigenvalue weighted by Crippen LogP contribution is -2.48. The van der Waals surface area contributed by atoms with Crippen molar-refractivity contribution in [3.8, 4) is 0 Å². The Labute approximate surface area is 145 Å². The molecule has 1 N–H and O–H groups in total. The van der Waals surface area contributed by atoms with Gasteiger partial charge in [0, 0.05) is 23.0 Å². The monoisotopic (exact) mass is 347 g/mol. The van der Waals surface area contributed by atoms with E-state index in [4.69, 9.17) is 4.74 Å². The van der Waals surface area contributed by atoms with Gasteiger partial charge in [0.15, 0.2) is 0 Å². The zero-order valence-corrected chi connectivity index (χ0v) is 14.8. The average Bonchev–Trinajstić information content (AvgIpc) is 3.02. The normalized spacial score (nSPS) is 18.1. The van der Waals surface area contributed by atoms with Crippen LogP contribution in [0, 0.1) is 12.7 Å². The Hall–Kier alpha value is -1.72. The number of rotatable bonds is 4. The molecular formula is C19H22FNO2S. The van der Waals surface area contributed by atoms with E-state index in [1.165, 1.54) is 17.0 Å². The summed E-state index contributed by atoms with van der Waals surface area (Å²) in [6, 6.07) is 10.4. The second-order valence-corrected chi connectivity index (χ2v) is 7.67. The average molecular weight is 347 g/mol. The molecule has 1 amide bonds. The standard InChI is InChI=1S/C19H22FNO2S/c1-13-6-7-17(24-13)14(2)21-18(22)19(8-10-23-11-9-19)15-4-3-5-16(20)12-15/h3-7,12,14H,8-11H2,1-2H3,(H,21,22). The number of amides is 1. The van der Waals surface area contributed by atoms with Crippen molar-refractivity contribution in [1.82, 2.24) is 5.32 Å². The van der Waals surface area contributed by atoms with E-state index >= 15 is 0 Å². The zero-order chi connectivity index (χ0) is 17.2. The molecule has 128 valence electrons. The Morgan fingerprint density at radius 2 is 2.04 bits per heavy atom. The number of hydrogen-bond acceptors (Lipinski definition) is 3. The molecular weight excluding hydrogens is 325 g/mol. The van der Waals surface area contributed by atoms with Crippen molar-refractivity contribution >= 4 is 17.2 Å². The van der Waals surface area contributed by atoms with E-state index < -0.39 is 5.41 Å². The van der Waals surface area contributed by atoms with Crippen molar-refractivity contribution in [2.24, 2.45) is 0 Å². The Morgan fingerprint density at radius 3 is 2.67 bits per heavy atom. The van der Waals surface area contributed by atoms with Crippen LogP contribution in [0.15, 0.2) is 36.4 Å². The van der Waals surface area contributed by atoms with E-state index in [1.807, 2.05) is 19.1 Å². The fourth-order valence-electron chi connectivity index (χ4n) is 3.24. The minimum absolute atomic E-state index is 0.0463. The van der Waals surface area contributed by atoms with Gasteiger partial charge in [-0.1, -0.05) is 12.1 Å². The van der Waals surface area contributed by atoms with Gasteiger partial charge in [-0.05, 0) is 56.5 Å². The highest BCUT2D eigenvalue weighted by atomic mass is 32.1. The molecule has 1 aromatic carbocycles. The van der Waals surface area contributed by atoms with Crippen LogP contribution in [0.5, 0.6) is 0 Å². The van der Waals surface area contributed by atoms with Gasteiger partial charge in [0.25, 0.3) is 0 Å². The molecule has 1 fully saturated rings. The second-order valence-electron chi connectivity index (χ2n) is 6.35. The van der Waals surface area contributed by atoms with E-state index in [1.54, 1.807) is 17.4 Å². The molecule has 1 atom stereocenters. The van der Waals surface area contributed by atoms with Gasteiger partial charge in [0.05, 0.1) is 11.5 Å². The molecule has 2 aromatic rings. The van der Waals surface area contributed by atoms with Crippen molar-refractivity contribution < 1.29 is 13.9 Å². The first-order valence-corrected chi connectivity index (χ1v) is 9.04. The maximum Gasteiger partial charge on any atom is 0.231 e. The van der Waals surface area contributed by atoms with Crippen LogP contribution >= 0.6 is 11.3 Å². The van der Waals surface area contributed by atoms with Crippen LogP contribution in [0.4, 0.5) is 4.39 Å². The largest absolute Gasteiger partial charge is 0.381 e. The third-order valence-electron chi connectivity index (χ3n) is 4.69. The van der Waals surface area contributed by atoms with Gasteiger partial charge in [-0.15, -0.1) is 11.3 Å². The fraction of sp³-hybridized carbons (Fsp3) is 0.421. The maximum absolute atomic E-state index is 13.7. The van der Waals surface area contributed by atoms with E-state index in [0.29, 0.717) is 26.1 Å². The quantitative estimate of drug-likeness (QED) is 0.903. The molecule has 0 radical (unpaired) electrons. The molecule has 3 nitrogen and oxygen atoms in total. The minimum Gasteiger partial charge on any atom is -0.381 e. The van der Waals surface area contributed by atoms with Crippen molar-refractivity contribution in [1.29, 1.82) is 0 Å². The van der Waals surface area contributed by atoms with Gasteiger partial charge in [0.2, 0.25) is 5.91 Å². The molecule has 1 unspecified atom stereocenters. The lowest BCUT2D eigenvalue weighted by Gasteiger charge is -2.37. The number of benzene rings is 1. The summed E-state index contributed by atoms with van der Waals surface area (Å²) in [6.07, 6.45) is 1.14. The number of aryl methyl sites for hydroxylation is 1. The Kier molecular flexibility index (Phi) is 5.01.